The molecule has 0 saturated carbocycles. The van der Waals surface area contributed by atoms with Crippen molar-refractivity contribution in [2.24, 2.45) is 0 Å². The van der Waals surface area contributed by atoms with Crippen LogP contribution in [0, 0.1) is 0 Å². The van der Waals surface area contributed by atoms with E-state index in [0.717, 1.165) is 22.5 Å². The largest absolute Gasteiger partial charge is 0.431 e. The summed E-state index contributed by atoms with van der Waals surface area (Å²) in [5, 5.41) is 10.3. The molecule has 0 aliphatic heterocycles. The molecule has 0 bridgehead atoms. The maximum Gasteiger partial charge on any atom is 0.256 e. The van der Waals surface area contributed by atoms with Crippen LogP contribution >= 0.6 is 23.4 Å². The van der Waals surface area contributed by atoms with Crippen LogP contribution in [0.15, 0.2) is 58.2 Å². The lowest BCUT2D eigenvalue weighted by molar-refractivity contribution is 0.322. The van der Waals surface area contributed by atoms with Crippen LogP contribution in [0.3, 0.4) is 0 Å². The highest BCUT2D eigenvalue weighted by Crippen LogP contribution is 2.36. The zero-order valence-corrected chi connectivity index (χ0v) is 15.6. The van der Waals surface area contributed by atoms with Crippen LogP contribution in [-0.2, 0) is 0 Å². The summed E-state index contributed by atoms with van der Waals surface area (Å²) in [6.07, 6.45) is 0. The summed E-state index contributed by atoms with van der Waals surface area (Å²) in [6.45, 7) is 0.0796. The highest BCUT2D eigenvalue weighted by molar-refractivity contribution is 7.99. The van der Waals surface area contributed by atoms with Gasteiger partial charge < -0.3 is 14.4 Å². The van der Waals surface area contributed by atoms with Gasteiger partial charge in [0.2, 0.25) is 0 Å². The minimum atomic E-state index is 0.0796. The van der Waals surface area contributed by atoms with Crippen molar-refractivity contribution in [1.29, 1.82) is 0 Å². The van der Waals surface area contributed by atoms with Crippen molar-refractivity contribution < 1.29 is 9.52 Å². The topological polar surface area (TPSA) is 49.5 Å². The third kappa shape index (κ3) is 4.18. The summed E-state index contributed by atoms with van der Waals surface area (Å²) in [6, 6.07) is 15.7. The Balaban J connectivity index is 2.03. The molecule has 0 amide bonds. The first-order chi connectivity index (χ1) is 12.1. The second kappa shape index (κ2) is 7.95. The maximum absolute atomic E-state index is 9.04. The molecule has 4 nitrogen and oxygen atoms in total. The van der Waals surface area contributed by atoms with Crippen LogP contribution in [-0.4, -0.2) is 36.5 Å². The number of halogens is 1. The minimum Gasteiger partial charge on any atom is -0.431 e. The fraction of sp³-hybridized carbons (Fsp3) is 0.211. The Bertz CT molecular complexity index is 830. The summed E-state index contributed by atoms with van der Waals surface area (Å²) in [7, 11) is 4.02. The predicted octanol–water partition coefficient (Wildman–Crippen LogP) is 4.81. The number of rotatable bonds is 6. The number of nitrogens with zero attached hydrogens (tertiary/aromatic N) is 2. The molecule has 0 spiro atoms. The highest BCUT2D eigenvalue weighted by atomic mass is 35.5. The molecule has 0 aliphatic carbocycles. The van der Waals surface area contributed by atoms with Crippen molar-refractivity contribution in [2.75, 3.05) is 31.4 Å². The van der Waals surface area contributed by atoms with Crippen molar-refractivity contribution in [1.82, 2.24) is 4.98 Å². The molecule has 1 aromatic heterocycles. The van der Waals surface area contributed by atoms with Crippen molar-refractivity contribution >= 4 is 29.1 Å². The summed E-state index contributed by atoms with van der Waals surface area (Å²) in [5.74, 6) is 1.24. The number of oxazole rings is 1. The van der Waals surface area contributed by atoms with Gasteiger partial charge in [0.15, 0.2) is 5.76 Å². The van der Waals surface area contributed by atoms with Crippen LogP contribution in [0.5, 0.6) is 0 Å². The Morgan fingerprint density at radius 3 is 2.28 bits per heavy atom. The van der Waals surface area contributed by atoms with Crippen molar-refractivity contribution in [3.05, 3.63) is 53.6 Å². The number of aromatic nitrogens is 1. The molecule has 0 fully saturated rings. The summed E-state index contributed by atoms with van der Waals surface area (Å²) in [4.78, 5) is 6.68. The zero-order valence-electron chi connectivity index (χ0n) is 14.1. The van der Waals surface area contributed by atoms with E-state index in [4.69, 9.17) is 21.1 Å². The van der Waals surface area contributed by atoms with Crippen LogP contribution in [0.2, 0.25) is 5.02 Å². The molecule has 6 heteroatoms. The number of thioether (sulfide) groups is 1. The van der Waals surface area contributed by atoms with Crippen LogP contribution in [0.4, 0.5) is 5.69 Å². The standard InChI is InChI=1S/C19H19ClN2O2S/c1-22(2)16-9-5-13(6-10-16)17-18(14-3-7-15(20)8-4-14)24-19(21-17)25-12-11-23/h3-10,23H,11-12H2,1-2H3. The van der Waals surface area contributed by atoms with E-state index in [9.17, 15) is 0 Å². The number of benzene rings is 2. The number of hydrogen-bond acceptors (Lipinski definition) is 5. The third-order valence-electron chi connectivity index (χ3n) is 3.69. The molecule has 0 aliphatic rings. The van der Waals surface area contributed by atoms with Crippen molar-refractivity contribution in [2.45, 2.75) is 5.22 Å². The van der Waals surface area contributed by atoms with Gasteiger partial charge >= 0.3 is 0 Å². The van der Waals surface area contributed by atoms with E-state index >= 15 is 0 Å². The van der Waals surface area contributed by atoms with E-state index in [1.807, 2.05) is 50.5 Å². The SMILES string of the molecule is CN(C)c1ccc(-c2nc(SCCO)oc2-c2ccc(Cl)cc2)cc1. The highest BCUT2D eigenvalue weighted by Gasteiger charge is 2.17. The second-order valence-electron chi connectivity index (χ2n) is 5.68. The van der Waals surface area contributed by atoms with Gasteiger partial charge in [-0.25, -0.2) is 4.98 Å². The maximum atomic E-state index is 9.04. The fourth-order valence-corrected chi connectivity index (χ4v) is 3.10. The second-order valence-corrected chi connectivity index (χ2v) is 7.16. The fourth-order valence-electron chi connectivity index (χ4n) is 2.41. The van der Waals surface area contributed by atoms with Gasteiger partial charge in [-0.1, -0.05) is 35.5 Å². The predicted molar refractivity (Wildman–Crippen MR) is 105 cm³/mol. The lowest BCUT2D eigenvalue weighted by Gasteiger charge is -2.12. The van der Waals surface area contributed by atoms with E-state index in [1.165, 1.54) is 11.8 Å². The number of aliphatic hydroxyl groups is 1. The number of anilines is 1. The van der Waals surface area contributed by atoms with Gasteiger partial charge in [-0.15, -0.1) is 0 Å². The molecule has 0 unspecified atom stereocenters. The average Bonchev–Trinajstić information content (AvgIpc) is 3.05. The Labute approximate surface area is 156 Å². The van der Waals surface area contributed by atoms with Crippen molar-refractivity contribution in [3.63, 3.8) is 0 Å². The van der Waals surface area contributed by atoms with Gasteiger partial charge in [0.05, 0.1) is 6.61 Å². The van der Waals surface area contributed by atoms with E-state index < -0.39 is 0 Å². The molecular weight excluding hydrogens is 356 g/mol. The Morgan fingerprint density at radius 2 is 1.68 bits per heavy atom. The molecule has 3 aromatic rings. The Morgan fingerprint density at radius 1 is 1.04 bits per heavy atom. The van der Waals surface area contributed by atoms with Crippen molar-refractivity contribution in [3.8, 4) is 22.6 Å². The average molecular weight is 375 g/mol. The van der Waals surface area contributed by atoms with Gasteiger partial charge in [0, 0.05) is 41.7 Å². The first-order valence-electron chi connectivity index (χ1n) is 7.86. The quantitative estimate of drug-likeness (QED) is 0.627. The summed E-state index contributed by atoms with van der Waals surface area (Å²) >= 11 is 7.39. The molecular formula is C19H19ClN2O2S. The molecule has 0 atom stereocenters. The molecule has 0 radical (unpaired) electrons. The normalized spacial score (nSPS) is 10.9. The molecule has 1 heterocycles. The molecule has 130 valence electrons. The van der Waals surface area contributed by atoms with E-state index in [-0.39, 0.29) is 6.61 Å². The molecule has 2 aromatic carbocycles. The minimum absolute atomic E-state index is 0.0796. The van der Waals surface area contributed by atoms with Gasteiger partial charge in [-0.2, -0.15) is 0 Å². The van der Waals surface area contributed by atoms with E-state index in [2.05, 4.69) is 22.0 Å². The smallest absolute Gasteiger partial charge is 0.256 e. The van der Waals surface area contributed by atoms with Gasteiger partial charge in [-0.3, -0.25) is 0 Å². The molecule has 1 N–H and O–H groups in total. The number of hydrogen-bond donors (Lipinski definition) is 1. The van der Waals surface area contributed by atoms with Gasteiger partial charge in [0.25, 0.3) is 5.22 Å². The summed E-state index contributed by atoms with van der Waals surface area (Å²) < 4.78 is 5.96. The lowest BCUT2D eigenvalue weighted by Crippen LogP contribution is -2.07. The van der Waals surface area contributed by atoms with Gasteiger partial charge in [-0.05, 0) is 36.4 Å². The summed E-state index contributed by atoms with van der Waals surface area (Å²) in [5.41, 5.74) is 3.80. The first-order valence-corrected chi connectivity index (χ1v) is 9.23. The van der Waals surface area contributed by atoms with E-state index in [0.29, 0.717) is 21.8 Å². The first kappa shape index (κ1) is 17.9. The molecule has 0 saturated heterocycles. The van der Waals surface area contributed by atoms with Gasteiger partial charge in [0.1, 0.15) is 5.69 Å². The monoisotopic (exact) mass is 374 g/mol. The Kier molecular flexibility index (Phi) is 5.68. The van der Waals surface area contributed by atoms with Crippen LogP contribution in [0.1, 0.15) is 0 Å². The van der Waals surface area contributed by atoms with E-state index in [1.54, 1.807) is 0 Å². The van der Waals surface area contributed by atoms with Crippen LogP contribution < -0.4 is 4.90 Å². The molecule has 25 heavy (non-hydrogen) atoms. The molecule has 3 rings (SSSR count). The lowest BCUT2D eigenvalue weighted by atomic mass is 10.1. The van der Waals surface area contributed by atoms with Crippen LogP contribution in [0.25, 0.3) is 22.6 Å². The zero-order chi connectivity index (χ0) is 17.8. The number of aliphatic hydroxyl groups excluding tert-OH is 1. The Hall–Kier alpha value is -1.95. The third-order valence-corrected chi connectivity index (χ3v) is 4.75.